The topological polar surface area (TPSA) is 284 Å². The Morgan fingerprint density at radius 2 is 0.802 bits per heavy atom. The van der Waals surface area contributed by atoms with E-state index in [-0.39, 0.29) is 110 Å². The molecule has 10 rings (SSSR count). The van der Waals surface area contributed by atoms with Crippen LogP contribution < -0.4 is 21.3 Å². The third-order valence-electron chi connectivity index (χ3n) is 14.7. The average Bonchev–Trinajstić information content (AvgIpc) is 1.87. The molecule has 91 heavy (non-hydrogen) atoms. The van der Waals surface area contributed by atoms with Crippen molar-refractivity contribution in [3.05, 3.63) is 159 Å². The van der Waals surface area contributed by atoms with Gasteiger partial charge in [0.25, 0.3) is 10.0 Å². The Hall–Kier alpha value is -6.29. The molecule has 6 aromatic rings. The lowest BCUT2D eigenvalue weighted by Gasteiger charge is -2.16. The molecule has 4 atom stereocenters. The number of carbonyl (C=O) groups is 4. The maximum atomic E-state index is 13.4. The number of carbonyl (C=O) groups excluding carboxylic acids is 4. The normalized spacial score (nSPS) is 19.0. The minimum absolute atomic E-state index is 0.0176. The van der Waals surface area contributed by atoms with Gasteiger partial charge in [-0.3, -0.25) is 19.2 Å². The Bertz CT molecular complexity index is 4130. The molecular weight excluding hydrogens is 1360 g/mol. The Morgan fingerprint density at radius 1 is 0.484 bits per heavy atom. The maximum absolute atomic E-state index is 13.4. The monoisotopic (exact) mass is 1420 g/mol. The summed E-state index contributed by atoms with van der Waals surface area (Å²) in [6.45, 7) is 3.20. The molecule has 4 aliphatic rings. The molecule has 4 saturated heterocycles. The van der Waals surface area contributed by atoms with Crippen molar-refractivity contribution in [1.82, 2.24) is 26.8 Å². The second-order valence-electron chi connectivity index (χ2n) is 21.2. The number of halogens is 8. The van der Waals surface area contributed by atoms with Crippen molar-refractivity contribution in [2.75, 3.05) is 85.6 Å². The van der Waals surface area contributed by atoms with Gasteiger partial charge in [-0.2, -0.15) is 8.61 Å². The summed E-state index contributed by atoms with van der Waals surface area (Å²) in [6, 6.07) is 24.0. The van der Waals surface area contributed by atoms with Gasteiger partial charge in [0, 0.05) is 88.4 Å². The van der Waals surface area contributed by atoms with Gasteiger partial charge in [-0.05, 0) is 118 Å². The van der Waals surface area contributed by atoms with E-state index in [4.69, 9.17) is 46.4 Å². The lowest BCUT2D eigenvalue weighted by Crippen LogP contribution is -2.32. The first-order valence-electron chi connectivity index (χ1n) is 27.8. The van der Waals surface area contributed by atoms with Gasteiger partial charge in [0.1, 0.15) is 23.3 Å². The molecule has 4 amide bonds. The van der Waals surface area contributed by atoms with E-state index < -0.39 is 87.0 Å². The van der Waals surface area contributed by atoms with Crippen LogP contribution in [0, 0.1) is 46.9 Å². The van der Waals surface area contributed by atoms with Crippen molar-refractivity contribution in [3.63, 3.8) is 0 Å². The Labute approximate surface area is 544 Å². The van der Waals surface area contributed by atoms with Crippen LogP contribution in [-0.2, 0) is 66.3 Å². The molecule has 5 aromatic carbocycles. The quantitative estimate of drug-likeness (QED) is 0.0700. The second kappa shape index (κ2) is 31.1. The molecule has 0 saturated carbocycles. The molecule has 22 nitrogen and oxygen atoms in total. The van der Waals surface area contributed by atoms with Crippen LogP contribution >= 0.6 is 46.4 Å². The van der Waals surface area contributed by atoms with Crippen molar-refractivity contribution < 1.29 is 70.4 Å². The zero-order chi connectivity index (χ0) is 66.8. The number of hydrogen-bond acceptors (Lipinski definition) is 13. The van der Waals surface area contributed by atoms with Crippen LogP contribution in [0.4, 0.5) is 40.3 Å². The zero-order valence-corrected chi connectivity index (χ0v) is 55.0. The van der Waals surface area contributed by atoms with E-state index >= 15 is 0 Å². The zero-order valence-electron chi connectivity index (χ0n) is 48.7. The van der Waals surface area contributed by atoms with E-state index in [2.05, 4.69) is 26.3 Å². The summed E-state index contributed by atoms with van der Waals surface area (Å²) in [4.78, 5) is 52.8. The highest BCUT2D eigenvalue weighted by molar-refractivity contribution is 7.89. The number of rotatable bonds is 15. The molecule has 1 aromatic heterocycles. The first kappa shape index (κ1) is 72.1. The maximum Gasteiger partial charge on any atom is 0.262 e. The Morgan fingerprint density at radius 3 is 1.11 bits per heavy atom. The van der Waals surface area contributed by atoms with Crippen LogP contribution in [0.25, 0.3) is 0 Å². The van der Waals surface area contributed by atoms with E-state index in [1.807, 2.05) is 0 Å². The van der Waals surface area contributed by atoms with Gasteiger partial charge in [-0.15, -0.1) is 0 Å². The standard InChI is InChI=1S/C17H16ClFN2O3S.C15H16ClFN4O3S.C13H16ClFN2O3S.C12H14ClFN2O3S/c18-15-7-6-13(10-16(15)19)20-17(22)12-8-9-21(11-12)25(23,24)14-4-2-1-3-5-14;1-20-8-14(18-9-20)25(23,24)21-5-4-10(7-21)15(22)19-11-2-3-12(16)13(17)6-11;1-2-21(19,20)17-6-5-9(8-17)13(18)16-10-3-4-11(14)12(15)7-10;1-20(18,19)16-5-4-8(7-16)12(17)15-9-2-3-10(13)11(14)6-9/h1-7,10,12H,8-9,11H2,(H,20,22);2-3,6,8-10H,4-5,7H2,1H3,(H,19,22);3-4,7,9H,2,5-6,8H2,1H3,(H,16,18);2-3,6,8H,4-5,7H2,1H3,(H,15,17). The van der Waals surface area contributed by atoms with E-state index in [9.17, 15) is 70.4 Å². The van der Waals surface area contributed by atoms with Crippen LogP contribution in [0.1, 0.15) is 32.6 Å². The lowest BCUT2D eigenvalue weighted by molar-refractivity contribution is -0.120. The first-order valence-corrected chi connectivity index (χ1v) is 35.6. The van der Waals surface area contributed by atoms with Crippen molar-refractivity contribution in [1.29, 1.82) is 0 Å². The van der Waals surface area contributed by atoms with Crippen molar-refractivity contribution in [3.8, 4) is 0 Å². The van der Waals surface area contributed by atoms with Gasteiger partial charge in [-0.25, -0.2) is 64.8 Å². The van der Waals surface area contributed by atoms with Gasteiger partial charge in [0.05, 0.1) is 67.0 Å². The summed E-state index contributed by atoms with van der Waals surface area (Å²) in [5.41, 5.74) is 1.17. The molecule has 34 heteroatoms. The number of amides is 4. The summed E-state index contributed by atoms with van der Waals surface area (Å²) in [7, 11) is -12.2. The first-order chi connectivity index (χ1) is 42.7. The molecule has 4 aliphatic heterocycles. The molecule has 0 aliphatic carbocycles. The van der Waals surface area contributed by atoms with Gasteiger partial charge < -0.3 is 25.8 Å². The van der Waals surface area contributed by atoms with E-state index in [0.717, 1.165) is 30.5 Å². The summed E-state index contributed by atoms with van der Waals surface area (Å²) >= 11 is 22.3. The van der Waals surface area contributed by atoms with Gasteiger partial charge in [-0.1, -0.05) is 64.6 Å². The predicted molar refractivity (Wildman–Crippen MR) is 337 cm³/mol. The second-order valence-corrected chi connectivity index (χ2v) is 30.9. The third kappa shape index (κ3) is 19.4. The predicted octanol–water partition coefficient (Wildman–Crippen LogP) is 8.78. The van der Waals surface area contributed by atoms with Crippen molar-refractivity contribution in [2.45, 2.75) is 42.5 Å². The summed E-state index contributed by atoms with van der Waals surface area (Å²) in [5.74, 6) is -5.67. The molecule has 492 valence electrons. The van der Waals surface area contributed by atoms with Crippen molar-refractivity contribution >= 4 is 133 Å². The summed E-state index contributed by atoms with van der Waals surface area (Å²) in [5, 5.41) is 10.2. The Balaban J connectivity index is 0.000000173. The van der Waals surface area contributed by atoms with E-state index in [1.165, 1.54) is 90.4 Å². The largest absolute Gasteiger partial charge is 0.339 e. The number of nitrogens with zero attached hydrogens (tertiary/aromatic N) is 6. The molecule has 4 fully saturated rings. The lowest BCUT2D eigenvalue weighted by atomic mass is 10.1. The fourth-order valence-corrected chi connectivity index (χ4v) is 15.1. The number of sulfonamides is 4. The minimum atomic E-state index is -3.73. The molecule has 4 N–H and O–H groups in total. The third-order valence-corrected chi connectivity index (χ3v) is 22.7. The van der Waals surface area contributed by atoms with Crippen LogP contribution in [0.15, 0.2) is 126 Å². The number of benzene rings is 5. The summed E-state index contributed by atoms with van der Waals surface area (Å²) in [6.07, 6.45) is 5.64. The van der Waals surface area contributed by atoms with E-state index in [1.54, 1.807) is 36.7 Å². The number of aryl methyl sites for hydroxylation is 1. The number of nitrogens with one attached hydrogen (secondary N) is 4. The van der Waals surface area contributed by atoms with E-state index in [0.29, 0.717) is 50.1 Å². The molecule has 5 heterocycles. The average molecular weight is 1430 g/mol. The van der Waals surface area contributed by atoms with Crippen LogP contribution in [0.3, 0.4) is 0 Å². The fourth-order valence-electron chi connectivity index (χ4n) is 9.61. The molecule has 0 bridgehead atoms. The highest BCUT2D eigenvalue weighted by Gasteiger charge is 2.39. The highest BCUT2D eigenvalue weighted by atomic mass is 35.5. The summed E-state index contributed by atoms with van der Waals surface area (Å²) < 4.78 is 156. The van der Waals surface area contributed by atoms with Gasteiger partial charge in [0.15, 0.2) is 5.03 Å². The molecule has 4 unspecified atom stereocenters. The highest BCUT2D eigenvalue weighted by Crippen LogP contribution is 2.30. The number of imidazole rings is 1. The minimum Gasteiger partial charge on any atom is -0.339 e. The number of hydrogen-bond donors (Lipinski definition) is 4. The fraction of sp³-hybridized carbons (Fsp3) is 0.351. The van der Waals surface area contributed by atoms with Gasteiger partial charge >= 0.3 is 0 Å². The molecule has 0 spiro atoms. The smallest absolute Gasteiger partial charge is 0.262 e. The SMILES string of the molecule is CCS(=O)(=O)N1CCC(C(=O)Nc2ccc(Cl)c(F)c2)C1.CS(=O)(=O)N1CCC(C(=O)Nc2ccc(Cl)c(F)c2)C1.Cn1cnc(S(=O)(=O)N2CCC(C(=O)Nc3ccc(Cl)c(F)c3)C2)c1.O=C(Nc1ccc(Cl)c(F)c1)C1CCN(S(=O)(=O)c2ccccc2)C1. The van der Waals surface area contributed by atoms with Gasteiger partial charge in [0.2, 0.25) is 53.7 Å². The van der Waals surface area contributed by atoms with Crippen LogP contribution in [0.2, 0.25) is 20.1 Å². The van der Waals surface area contributed by atoms with Crippen molar-refractivity contribution in [2.24, 2.45) is 30.7 Å². The van der Waals surface area contributed by atoms with Crippen LogP contribution in [-0.4, -0.2) is 148 Å². The van der Waals surface area contributed by atoms with Crippen LogP contribution in [0.5, 0.6) is 0 Å². The number of anilines is 4. The Kier molecular flexibility index (Phi) is 24.6. The number of aromatic nitrogens is 2. The molecule has 0 radical (unpaired) electrons. The molecular formula is C57H62Cl4F4N10O12S4.